The Kier molecular flexibility index (Phi) is 3.65. The molecule has 5 heteroatoms. The van der Waals surface area contributed by atoms with Gasteiger partial charge in [0, 0.05) is 17.8 Å². The number of nitrogens with one attached hydrogen (secondary N) is 1. The Morgan fingerprint density at radius 2 is 2.13 bits per heavy atom. The first kappa shape index (κ1) is 14.5. The molecular weight excluding hydrogens is 288 g/mol. The Morgan fingerprint density at radius 1 is 1.30 bits per heavy atom. The van der Waals surface area contributed by atoms with E-state index in [0.29, 0.717) is 5.92 Å². The fraction of sp³-hybridized carbons (Fsp3) is 0.444. The molecule has 1 aliphatic heterocycles. The van der Waals surface area contributed by atoms with Crippen molar-refractivity contribution in [2.24, 2.45) is 0 Å². The van der Waals surface area contributed by atoms with E-state index in [1.165, 1.54) is 23.8 Å². The lowest BCUT2D eigenvalue weighted by molar-refractivity contribution is 0.187. The molecule has 0 amide bonds. The molecule has 0 spiro atoms. The van der Waals surface area contributed by atoms with Gasteiger partial charge in [0.2, 0.25) is 5.89 Å². The van der Waals surface area contributed by atoms with Crippen molar-refractivity contribution in [3.05, 3.63) is 47.4 Å². The molecule has 3 aromatic rings. The van der Waals surface area contributed by atoms with Crippen LogP contribution in [0.2, 0.25) is 0 Å². The van der Waals surface area contributed by atoms with Crippen molar-refractivity contribution in [1.82, 2.24) is 19.9 Å². The summed E-state index contributed by atoms with van der Waals surface area (Å²) in [5.74, 6) is 2.38. The van der Waals surface area contributed by atoms with Gasteiger partial charge in [-0.3, -0.25) is 4.90 Å². The van der Waals surface area contributed by atoms with Gasteiger partial charge in [-0.25, -0.2) is 9.97 Å². The number of hydrogen-bond acceptors (Lipinski definition) is 4. The molecule has 1 N–H and O–H groups in total. The van der Waals surface area contributed by atoms with Crippen LogP contribution in [0, 0.1) is 13.8 Å². The number of hydrogen-bond donors (Lipinski definition) is 1. The molecule has 1 fully saturated rings. The van der Waals surface area contributed by atoms with E-state index in [4.69, 9.17) is 4.42 Å². The molecule has 5 nitrogen and oxygen atoms in total. The van der Waals surface area contributed by atoms with Crippen molar-refractivity contribution in [1.29, 1.82) is 0 Å². The molecular formula is C18H22N4O. The molecule has 0 unspecified atom stereocenters. The summed E-state index contributed by atoms with van der Waals surface area (Å²) in [5, 5.41) is 1.27. The Morgan fingerprint density at radius 3 is 2.87 bits per heavy atom. The van der Waals surface area contributed by atoms with Crippen LogP contribution in [0.15, 0.2) is 28.9 Å². The third-order valence-corrected chi connectivity index (χ3v) is 4.94. The van der Waals surface area contributed by atoms with Gasteiger partial charge in [-0.15, -0.1) is 0 Å². The highest BCUT2D eigenvalue weighted by molar-refractivity contribution is 5.80. The number of aromatic nitrogens is 3. The lowest BCUT2D eigenvalue weighted by atomic mass is 9.89. The highest BCUT2D eigenvalue weighted by Crippen LogP contribution is 2.32. The van der Waals surface area contributed by atoms with Crippen LogP contribution in [0.3, 0.4) is 0 Å². The van der Waals surface area contributed by atoms with E-state index in [1.54, 1.807) is 0 Å². The topological polar surface area (TPSA) is 58.0 Å². The molecule has 0 saturated carbocycles. The quantitative estimate of drug-likeness (QED) is 0.804. The van der Waals surface area contributed by atoms with Crippen LogP contribution < -0.4 is 0 Å². The standard InChI is InChI=1S/C18H22N4O/c1-12-13(2)23-17(21-12)11-22-8-5-14(6-9-22)16-10-20-18-15(16)4-3-7-19-18/h3-4,7,10,14H,5-6,8-9,11H2,1-2H3,(H,19,20). The molecule has 0 aliphatic carbocycles. The Bertz CT molecular complexity index is 792. The van der Waals surface area contributed by atoms with E-state index < -0.39 is 0 Å². The maximum atomic E-state index is 5.71. The second-order valence-corrected chi connectivity index (χ2v) is 6.44. The summed E-state index contributed by atoms with van der Waals surface area (Å²) < 4.78 is 5.71. The first-order chi connectivity index (χ1) is 11.2. The van der Waals surface area contributed by atoms with Crippen LogP contribution in [0.1, 0.15) is 41.7 Å². The predicted octanol–water partition coefficient (Wildman–Crippen LogP) is 3.55. The van der Waals surface area contributed by atoms with Crippen molar-refractivity contribution < 1.29 is 4.42 Å². The summed E-state index contributed by atoms with van der Waals surface area (Å²) >= 11 is 0. The van der Waals surface area contributed by atoms with E-state index >= 15 is 0 Å². The summed E-state index contributed by atoms with van der Waals surface area (Å²) in [7, 11) is 0. The summed E-state index contributed by atoms with van der Waals surface area (Å²) in [5.41, 5.74) is 3.41. The first-order valence-corrected chi connectivity index (χ1v) is 8.28. The fourth-order valence-corrected chi connectivity index (χ4v) is 3.52. The minimum absolute atomic E-state index is 0.609. The molecule has 4 rings (SSSR count). The minimum Gasteiger partial charge on any atom is -0.444 e. The number of oxazole rings is 1. The Labute approximate surface area is 135 Å². The number of H-pyrrole nitrogens is 1. The summed E-state index contributed by atoms with van der Waals surface area (Å²) in [6, 6.07) is 4.18. The summed E-state index contributed by atoms with van der Waals surface area (Å²) in [4.78, 5) is 14.6. The maximum absolute atomic E-state index is 5.71. The van der Waals surface area contributed by atoms with Gasteiger partial charge in [0.1, 0.15) is 11.4 Å². The smallest absolute Gasteiger partial charge is 0.208 e. The van der Waals surface area contributed by atoms with Crippen LogP contribution in [0.4, 0.5) is 0 Å². The molecule has 0 radical (unpaired) electrons. The summed E-state index contributed by atoms with van der Waals surface area (Å²) in [6.07, 6.45) is 6.31. The number of fused-ring (bicyclic) bond motifs is 1. The largest absolute Gasteiger partial charge is 0.444 e. The van der Waals surface area contributed by atoms with Gasteiger partial charge in [0.25, 0.3) is 0 Å². The van der Waals surface area contributed by atoms with Gasteiger partial charge in [-0.05, 0) is 63.4 Å². The molecule has 0 aromatic carbocycles. The second kappa shape index (κ2) is 5.81. The lowest BCUT2D eigenvalue weighted by Crippen LogP contribution is -2.32. The van der Waals surface area contributed by atoms with E-state index in [-0.39, 0.29) is 0 Å². The van der Waals surface area contributed by atoms with E-state index in [1.807, 2.05) is 26.1 Å². The maximum Gasteiger partial charge on any atom is 0.208 e. The average molecular weight is 310 g/mol. The molecule has 120 valence electrons. The van der Waals surface area contributed by atoms with Crippen molar-refractivity contribution in [2.45, 2.75) is 39.2 Å². The average Bonchev–Trinajstić information content (AvgIpc) is 3.12. The molecule has 0 bridgehead atoms. The third kappa shape index (κ3) is 2.77. The van der Waals surface area contributed by atoms with Gasteiger partial charge in [0.05, 0.1) is 12.2 Å². The number of nitrogens with zero attached hydrogens (tertiary/aromatic N) is 3. The fourth-order valence-electron chi connectivity index (χ4n) is 3.52. The van der Waals surface area contributed by atoms with Crippen LogP contribution in [-0.4, -0.2) is 32.9 Å². The second-order valence-electron chi connectivity index (χ2n) is 6.44. The number of piperidine rings is 1. The van der Waals surface area contributed by atoms with Crippen LogP contribution in [0.25, 0.3) is 11.0 Å². The molecule has 1 saturated heterocycles. The Balaban J connectivity index is 1.42. The van der Waals surface area contributed by atoms with E-state index in [9.17, 15) is 0 Å². The normalized spacial score (nSPS) is 17.1. The van der Waals surface area contributed by atoms with E-state index in [0.717, 1.165) is 42.6 Å². The third-order valence-electron chi connectivity index (χ3n) is 4.94. The zero-order valence-corrected chi connectivity index (χ0v) is 13.7. The van der Waals surface area contributed by atoms with Gasteiger partial charge < -0.3 is 9.40 Å². The zero-order chi connectivity index (χ0) is 15.8. The van der Waals surface area contributed by atoms with Crippen molar-refractivity contribution in [3.8, 4) is 0 Å². The highest BCUT2D eigenvalue weighted by atomic mass is 16.4. The molecule has 23 heavy (non-hydrogen) atoms. The van der Waals surface area contributed by atoms with Crippen LogP contribution >= 0.6 is 0 Å². The number of rotatable bonds is 3. The molecule has 3 aromatic heterocycles. The number of pyridine rings is 1. The number of aromatic amines is 1. The number of aryl methyl sites for hydroxylation is 2. The van der Waals surface area contributed by atoms with E-state index in [2.05, 4.69) is 32.1 Å². The lowest BCUT2D eigenvalue weighted by Gasteiger charge is -2.31. The molecule has 4 heterocycles. The van der Waals surface area contributed by atoms with Crippen molar-refractivity contribution in [3.63, 3.8) is 0 Å². The van der Waals surface area contributed by atoms with Crippen LogP contribution in [0.5, 0.6) is 0 Å². The van der Waals surface area contributed by atoms with Gasteiger partial charge in [-0.1, -0.05) is 0 Å². The van der Waals surface area contributed by atoms with Gasteiger partial charge in [0.15, 0.2) is 0 Å². The zero-order valence-electron chi connectivity index (χ0n) is 13.7. The monoisotopic (exact) mass is 310 g/mol. The van der Waals surface area contributed by atoms with Gasteiger partial charge >= 0.3 is 0 Å². The first-order valence-electron chi connectivity index (χ1n) is 8.28. The van der Waals surface area contributed by atoms with Crippen molar-refractivity contribution >= 4 is 11.0 Å². The molecule has 0 atom stereocenters. The predicted molar refractivity (Wildman–Crippen MR) is 89.3 cm³/mol. The van der Waals surface area contributed by atoms with Gasteiger partial charge in [-0.2, -0.15) is 0 Å². The highest BCUT2D eigenvalue weighted by Gasteiger charge is 2.24. The Hall–Kier alpha value is -2.14. The number of likely N-dealkylation sites (tertiary alicyclic amines) is 1. The van der Waals surface area contributed by atoms with Crippen molar-refractivity contribution in [2.75, 3.05) is 13.1 Å². The molecule has 1 aliphatic rings. The van der Waals surface area contributed by atoms with Crippen LogP contribution in [-0.2, 0) is 6.54 Å². The minimum atomic E-state index is 0.609. The summed E-state index contributed by atoms with van der Waals surface area (Å²) in [6.45, 7) is 6.95. The SMILES string of the molecule is Cc1nc(CN2CCC(c3c[nH]c4ncccc34)CC2)oc1C.